The third kappa shape index (κ3) is 3.25. The van der Waals surface area contributed by atoms with Crippen LogP contribution in [0.2, 0.25) is 0 Å². The summed E-state index contributed by atoms with van der Waals surface area (Å²) in [7, 11) is 0. The van der Waals surface area contributed by atoms with Crippen LogP contribution in [0.15, 0.2) is 30.3 Å². The maximum absolute atomic E-state index is 3.81. The van der Waals surface area contributed by atoms with Gasteiger partial charge in [0.15, 0.2) is 0 Å². The highest BCUT2D eigenvalue weighted by atomic mass is 14.9. The maximum Gasteiger partial charge on any atom is 0.0166 e. The molecule has 0 aromatic heterocycles. The van der Waals surface area contributed by atoms with Gasteiger partial charge in [-0.3, -0.25) is 0 Å². The summed E-state index contributed by atoms with van der Waals surface area (Å²) >= 11 is 0. The molecule has 112 valence electrons. The van der Waals surface area contributed by atoms with Crippen molar-refractivity contribution < 1.29 is 0 Å². The molecule has 2 rings (SSSR count). The van der Waals surface area contributed by atoms with E-state index in [2.05, 4.69) is 56.4 Å². The molecule has 1 aromatic rings. The second-order valence-electron chi connectivity index (χ2n) is 6.62. The minimum Gasteiger partial charge on any atom is -0.313 e. The van der Waals surface area contributed by atoms with Crippen LogP contribution in [-0.2, 0) is 5.41 Å². The molecule has 1 fully saturated rings. The minimum atomic E-state index is 0.402. The van der Waals surface area contributed by atoms with E-state index >= 15 is 0 Å². The van der Waals surface area contributed by atoms with Crippen LogP contribution in [0.1, 0.15) is 64.9 Å². The van der Waals surface area contributed by atoms with Crippen molar-refractivity contribution in [1.82, 2.24) is 5.32 Å². The average molecular weight is 273 g/mol. The summed E-state index contributed by atoms with van der Waals surface area (Å²) < 4.78 is 0. The lowest BCUT2D eigenvalue weighted by molar-refractivity contribution is 0.149. The van der Waals surface area contributed by atoms with Crippen molar-refractivity contribution in [3.8, 4) is 0 Å². The van der Waals surface area contributed by atoms with Gasteiger partial charge in [0.05, 0.1) is 0 Å². The lowest BCUT2D eigenvalue weighted by atomic mass is 9.58. The quantitative estimate of drug-likeness (QED) is 0.709. The third-order valence-corrected chi connectivity index (χ3v) is 5.13. The molecule has 1 aliphatic carbocycles. The van der Waals surface area contributed by atoms with Crippen LogP contribution in [0, 0.1) is 5.92 Å². The number of likely N-dealkylation sites (N-methyl/N-ethyl adjacent to an activating group) is 1. The Bertz CT molecular complexity index is 380. The molecule has 1 saturated carbocycles. The largest absolute Gasteiger partial charge is 0.313 e. The number of rotatable bonds is 8. The lowest BCUT2D eigenvalue weighted by Gasteiger charge is -2.49. The first-order chi connectivity index (χ1) is 9.73. The van der Waals surface area contributed by atoms with Crippen LogP contribution in [0.25, 0.3) is 0 Å². The Morgan fingerprint density at radius 1 is 1.15 bits per heavy atom. The molecular formula is C19H31N. The Balaban J connectivity index is 2.17. The Morgan fingerprint density at radius 2 is 1.85 bits per heavy atom. The molecule has 20 heavy (non-hydrogen) atoms. The van der Waals surface area contributed by atoms with Crippen LogP contribution in [0.5, 0.6) is 0 Å². The van der Waals surface area contributed by atoms with Gasteiger partial charge in [-0.1, -0.05) is 70.4 Å². The van der Waals surface area contributed by atoms with E-state index in [9.17, 15) is 0 Å². The summed E-state index contributed by atoms with van der Waals surface area (Å²) in [6, 6.07) is 11.9. The Morgan fingerprint density at radius 3 is 2.35 bits per heavy atom. The normalized spacial score (nSPS) is 20.1. The molecule has 0 amide bonds. The zero-order valence-corrected chi connectivity index (χ0v) is 13.5. The van der Waals surface area contributed by atoms with Gasteiger partial charge < -0.3 is 5.32 Å². The molecule has 1 aliphatic rings. The maximum atomic E-state index is 3.81. The van der Waals surface area contributed by atoms with E-state index < -0.39 is 0 Å². The van der Waals surface area contributed by atoms with Crippen molar-refractivity contribution in [1.29, 1.82) is 0 Å². The SMILES string of the molecule is CCCC(C)CC(NCC)C1(c2ccccc2)CCC1. The van der Waals surface area contributed by atoms with Gasteiger partial charge in [-0.25, -0.2) is 0 Å². The van der Waals surface area contributed by atoms with E-state index in [-0.39, 0.29) is 0 Å². The van der Waals surface area contributed by atoms with Crippen LogP contribution in [0.3, 0.4) is 0 Å². The van der Waals surface area contributed by atoms with Gasteiger partial charge in [0.1, 0.15) is 0 Å². The van der Waals surface area contributed by atoms with Crippen molar-refractivity contribution in [3.63, 3.8) is 0 Å². The number of benzene rings is 1. The smallest absolute Gasteiger partial charge is 0.0166 e. The van der Waals surface area contributed by atoms with Crippen LogP contribution >= 0.6 is 0 Å². The average Bonchev–Trinajstić information content (AvgIpc) is 2.39. The van der Waals surface area contributed by atoms with Crippen molar-refractivity contribution in [2.24, 2.45) is 5.92 Å². The van der Waals surface area contributed by atoms with E-state index in [1.54, 1.807) is 5.56 Å². The number of nitrogens with one attached hydrogen (secondary N) is 1. The first-order valence-corrected chi connectivity index (χ1v) is 8.52. The molecule has 0 heterocycles. The van der Waals surface area contributed by atoms with Gasteiger partial charge in [-0.05, 0) is 37.3 Å². The van der Waals surface area contributed by atoms with E-state index in [0.29, 0.717) is 11.5 Å². The van der Waals surface area contributed by atoms with Crippen molar-refractivity contribution in [2.75, 3.05) is 6.54 Å². The zero-order valence-electron chi connectivity index (χ0n) is 13.5. The minimum absolute atomic E-state index is 0.402. The summed E-state index contributed by atoms with van der Waals surface area (Å²) in [4.78, 5) is 0. The molecule has 2 atom stereocenters. The number of hydrogen-bond acceptors (Lipinski definition) is 1. The second-order valence-corrected chi connectivity index (χ2v) is 6.62. The molecule has 1 N–H and O–H groups in total. The van der Waals surface area contributed by atoms with Gasteiger partial charge in [-0.15, -0.1) is 0 Å². The van der Waals surface area contributed by atoms with Crippen LogP contribution < -0.4 is 5.32 Å². The Labute approximate surface area is 125 Å². The lowest BCUT2D eigenvalue weighted by Crippen LogP contribution is -2.53. The molecule has 1 nitrogen and oxygen atoms in total. The molecular weight excluding hydrogens is 242 g/mol. The van der Waals surface area contributed by atoms with Gasteiger partial charge in [0.2, 0.25) is 0 Å². The summed E-state index contributed by atoms with van der Waals surface area (Å²) in [5.41, 5.74) is 1.96. The van der Waals surface area contributed by atoms with Crippen LogP contribution in [-0.4, -0.2) is 12.6 Å². The monoisotopic (exact) mass is 273 g/mol. The zero-order chi connectivity index (χ0) is 14.4. The number of hydrogen-bond donors (Lipinski definition) is 1. The molecule has 2 unspecified atom stereocenters. The summed E-state index contributed by atoms with van der Waals surface area (Å²) in [5.74, 6) is 0.824. The van der Waals surface area contributed by atoms with Gasteiger partial charge in [-0.2, -0.15) is 0 Å². The van der Waals surface area contributed by atoms with Gasteiger partial charge >= 0.3 is 0 Å². The predicted octanol–water partition coefficient (Wildman–Crippen LogP) is 4.91. The highest BCUT2D eigenvalue weighted by molar-refractivity contribution is 5.30. The Kier molecular flexibility index (Phi) is 5.65. The highest BCUT2D eigenvalue weighted by Crippen LogP contribution is 2.48. The fraction of sp³-hybridized carbons (Fsp3) is 0.684. The molecule has 1 aromatic carbocycles. The molecule has 0 spiro atoms. The molecule has 0 aliphatic heterocycles. The third-order valence-electron chi connectivity index (χ3n) is 5.13. The predicted molar refractivity (Wildman–Crippen MR) is 88.1 cm³/mol. The van der Waals surface area contributed by atoms with Crippen molar-refractivity contribution in [2.45, 2.75) is 70.8 Å². The Hall–Kier alpha value is -0.820. The summed E-state index contributed by atoms with van der Waals surface area (Å²) in [6.45, 7) is 8.05. The molecule has 0 bridgehead atoms. The summed E-state index contributed by atoms with van der Waals surface area (Å²) in [6.07, 6.45) is 8.07. The van der Waals surface area contributed by atoms with Crippen molar-refractivity contribution >= 4 is 0 Å². The van der Waals surface area contributed by atoms with Crippen LogP contribution in [0.4, 0.5) is 0 Å². The molecule has 0 radical (unpaired) electrons. The van der Waals surface area contributed by atoms with Crippen molar-refractivity contribution in [3.05, 3.63) is 35.9 Å². The second kappa shape index (κ2) is 7.26. The van der Waals surface area contributed by atoms with E-state index in [4.69, 9.17) is 0 Å². The highest BCUT2D eigenvalue weighted by Gasteiger charge is 2.45. The van der Waals surface area contributed by atoms with E-state index in [1.165, 1.54) is 38.5 Å². The topological polar surface area (TPSA) is 12.0 Å². The van der Waals surface area contributed by atoms with E-state index in [0.717, 1.165) is 12.5 Å². The first-order valence-electron chi connectivity index (χ1n) is 8.52. The fourth-order valence-corrected chi connectivity index (χ4v) is 3.93. The summed E-state index contributed by atoms with van der Waals surface area (Å²) in [5, 5.41) is 3.81. The van der Waals surface area contributed by atoms with Gasteiger partial charge in [0.25, 0.3) is 0 Å². The first kappa shape index (κ1) is 15.6. The van der Waals surface area contributed by atoms with E-state index in [1.807, 2.05) is 0 Å². The fourth-order valence-electron chi connectivity index (χ4n) is 3.93. The standard InChI is InChI=1S/C19H31N/c1-4-10-16(3)15-18(20-5-2)19(13-9-14-19)17-11-7-6-8-12-17/h6-8,11-12,16,18,20H,4-5,9-10,13-15H2,1-3H3. The van der Waals surface area contributed by atoms with Gasteiger partial charge in [0, 0.05) is 11.5 Å². The molecule has 1 heteroatoms. The molecule has 0 saturated heterocycles.